The van der Waals surface area contributed by atoms with Crippen LogP contribution in [0.2, 0.25) is 0 Å². The zero-order chi connectivity index (χ0) is 26.1. The van der Waals surface area contributed by atoms with Gasteiger partial charge in [-0.15, -0.1) is 0 Å². The molecule has 9 nitrogen and oxygen atoms in total. The van der Waals surface area contributed by atoms with Crippen molar-refractivity contribution in [1.29, 1.82) is 0 Å². The van der Waals surface area contributed by atoms with E-state index in [4.69, 9.17) is 9.15 Å². The first kappa shape index (κ1) is 24.1. The van der Waals surface area contributed by atoms with E-state index >= 15 is 0 Å². The maximum atomic E-state index is 13.6. The third kappa shape index (κ3) is 4.54. The Kier molecular flexibility index (Phi) is 6.41. The van der Waals surface area contributed by atoms with E-state index in [0.717, 1.165) is 5.56 Å². The third-order valence-corrected chi connectivity index (χ3v) is 6.86. The van der Waals surface area contributed by atoms with Crippen molar-refractivity contribution in [2.75, 3.05) is 6.61 Å². The van der Waals surface area contributed by atoms with Gasteiger partial charge in [-0.25, -0.2) is 9.79 Å². The summed E-state index contributed by atoms with van der Waals surface area (Å²) in [5.74, 6) is 0.328. The largest absolute Gasteiger partial charge is 0.463 e. The summed E-state index contributed by atoms with van der Waals surface area (Å²) < 4.78 is 13.1. The zero-order valence-electron chi connectivity index (χ0n) is 19.9. The van der Waals surface area contributed by atoms with Crippen LogP contribution in [0.3, 0.4) is 0 Å². The number of thiazole rings is 1. The zero-order valence-corrected chi connectivity index (χ0v) is 20.7. The van der Waals surface area contributed by atoms with Crippen molar-refractivity contribution in [2.24, 2.45) is 4.99 Å². The Morgan fingerprint density at radius 2 is 1.97 bits per heavy atom. The molecule has 2 aromatic heterocycles. The van der Waals surface area contributed by atoms with Gasteiger partial charge in [-0.3, -0.25) is 19.5 Å². The molecule has 0 fully saturated rings. The summed E-state index contributed by atoms with van der Waals surface area (Å²) in [4.78, 5) is 42.2. The predicted molar refractivity (Wildman–Crippen MR) is 138 cm³/mol. The van der Waals surface area contributed by atoms with E-state index in [-0.39, 0.29) is 17.9 Å². The number of esters is 1. The average Bonchev–Trinajstić information content (AvgIpc) is 3.48. The van der Waals surface area contributed by atoms with Gasteiger partial charge in [0.1, 0.15) is 11.5 Å². The molecule has 37 heavy (non-hydrogen) atoms. The lowest BCUT2D eigenvalue weighted by Crippen LogP contribution is -2.39. The summed E-state index contributed by atoms with van der Waals surface area (Å²) in [7, 11) is 0. The average molecular weight is 516 g/mol. The molecule has 0 unspecified atom stereocenters. The standard InChI is InChI=1S/C27H21N3O6S/c1-3-35-26(32)23-16(2)28-27-29(24(23)17-8-5-4-6-9-17)25(31)22(37-27)15-20-12-13-21(36-20)18-10-7-11-19(14-18)30(33)34/h4-15,24H,3H2,1-2H3/b22-15-/t24-/m1/s1. The number of hydrogen-bond acceptors (Lipinski definition) is 8. The van der Waals surface area contributed by atoms with Crippen LogP contribution in [-0.2, 0) is 9.53 Å². The van der Waals surface area contributed by atoms with Crippen molar-refractivity contribution in [1.82, 2.24) is 4.57 Å². The fraction of sp³-hybridized carbons (Fsp3) is 0.148. The number of carbonyl (C=O) groups is 1. The van der Waals surface area contributed by atoms with Crippen molar-refractivity contribution >= 4 is 29.1 Å². The summed E-state index contributed by atoms with van der Waals surface area (Å²) in [6.45, 7) is 3.66. The van der Waals surface area contributed by atoms with Gasteiger partial charge in [0.15, 0.2) is 4.80 Å². The first-order chi connectivity index (χ1) is 17.9. The number of aromatic nitrogens is 1. The van der Waals surface area contributed by atoms with Crippen molar-refractivity contribution in [2.45, 2.75) is 19.9 Å². The number of carbonyl (C=O) groups excluding carboxylic acids is 1. The van der Waals surface area contributed by atoms with Gasteiger partial charge in [0.2, 0.25) is 0 Å². The molecular formula is C27H21N3O6S. The third-order valence-electron chi connectivity index (χ3n) is 5.87. The van der Waals surface area contributed by atoms with Crippen molar-refractivity contribution in [3.05, 3.63) is 119 Å². The van der Waals surface area contributed by atoms with E-state index in [1.54, 1.807) is 44.2 Å². The number of rotatable bonds is 6. The van der Waals surface area contributed by atoms with E-state index in [0.29, 0.717) is 37.7 Å². The second-order valence-electron chi connectivity index (χ2n) is 8.22. The minimum atomic E-state index is -0.685. The van der Waals surface area contributed by atoms with Crippen LogP contribution in [0.1, 0.15) is 31.2 Å². The Balaban J connectivity index is 1.61. The molecule has 5 rings (SSSR count). The summed E-state index contributed by atoms with van der Waals surface area (Å²) in [5.41, 5.74) is 1.76. The molecule has 0 radical (unpaired) electrons. The summed E-state index contributed by atoms with van der Waals surface area (Å²) in [5, 5.41) is 11.1. The number of nitro groups is 1. The maximum absolute atomic E-state index is 13.6. The highest BCUT2D eigenvalue weighted by Gasteiger charge is 2.33. The number of hydrogen-bond donors (Lipinski definition) is 0. The van der Waals surface area contributed by atoms with Gasteiger partial charge >= 0.3 is 5.97 Å². The topological polar surface area (TPSA) is 117 Å². The molecule has 0 aliphatic carbocycles. The summed E-state index contributed by atoms with van der Waals surface area (Å²) >= 11 is 1.19. The molecule has 0 bridgehead atoms. The van der Waals surface area contributed by atoms with Gasteiger partial charge in [-0.05, 0) is 31.5 Å². The van der Waals surface area contributed by atoms with Crippen LogP contribution in [0.5, 0.6) is 0 Å². The van der Waals surface area contributed by atoms with Gasteiger partial charge in [0.05, 0.1) is 33.4 Å². The van der Waals surface area contributed by atoms with Crippen LogP contribution in [-0.4, -0.2) is 22.1 Å². The molecule has 0 amide bonds. The van der Waals surface area contributed by atoms with Crippen LogP contribution in [0.15, 0.2) is 92.2 Å². The minimum Gasteiger partial charge on any atom is -0.463 e. The molecular weight excluding hydrogens is 494 g/mol. The van der Waals surface area contributed by atoms with Gasteiger partial charge < -0.3 is 9.15 Å². The van der Waals surface area contributed by atoms with Crippen molar-refractivity contribution in [3.63, 3.8) is 0 Å². The highest BCUT2D eigenvalue weighted by atomic mass is 32.1. The number of nitrogens with zero attached hydrogens (tertiary/aromatic N) is 3. The maximum Gasteiger partial charge on any atom is 0.338 e. The molecule has 186 valence electrons. The predicted octanol–water partition coefficient (Wildman–Crippen LogP) is 3.97. The fourth-order valence-corrected chi connectivity index (χ4v) is 5.26. The van der Waals surface area contributed by atoms with Crippen molar-refractivity contribution in [3.8, 4) is 11.3 Å². The van der Waals surface area contributed by atoms with E-state index in [2.05, 4.69) is 4.99 Å². The van der Waals surface area contributed by atoms with Gasteiger partial charge in [0.25, 0.3) is 11.2 Å². The molecule has 3 heterocycles. The Bertz CT molecular complexity index is 1730. The fourth-order valence-electron chi connectivity index (χ4n) is 4.23. The SMILES string of the molecule is CCOC(=O)C1=C(C)N=c2s/c(=C\c3ccc(-c4cccc([N+](=O)[O-])c4)o3)c(=O)n2[C@@H]1c1ccccc1. The lowest BCUT2D eigenvalue weighted by molar-refractivity contribution is -0.384. The molecule has 0 saturated carbocycles. The molecule has 0 saturated heterocycles. The Labute approximate surface area is 214 Å². The lowest BCUT2D eigenvalue weighted by Gasteiger charge is -2.24. The highest BCUT2D eigenvalue weighted by Crippen LogP contribution is 2.30. The highest BCUT2D eigenvalue weighted by molar-refractivity contribution is 7.07. The molecule has 1 aliphatic heterocycles. The molecule has 2 aromatic carbocycles. The molecule has 1 atom stereocenters. The second-order valence-corrected chi connectivity index (χ2v) is 9.23. The molecule has 1 aliphatic rings. The van der Waals surface area contributed by atoms with E-state index in [1.807, 2.05) is 30.3 Å². The van der Waals surface area contributed by atoms with Crippen LogP contribution < -0.4 is 14.9 Å². The smallest absolute Gasteiger partial charge is 0.338 e. The Morgan fingerprint density at radius 3 is 2.70 bits per heavy atom. The molecule has 10 heteroatoms. The molecule has 0 spiro atoms. The number of allylic oxidation sites excluding steroid dienone is 1. The summed E-state index contributed by atoms with van der Waals surface area (Å²) in [6.07, 6.45) is 1.61. The van der Waals surface area contributed by atoms with E-state index in [9.17, 15) is 19.7 Å². The lowest BCUT2D eigenvalue weighted by atomic mass is 9.96. The van der Waals surface area contributed by atoms with Crippen LogP contribution in [0.4, 0.5) is 5.69 Å². The van der Waals surface area contributed by atoms with E-state index in [1.165, 1.54) is 28.0 Å². The van der Waals surface area contributed by atoms with Gasteiger partial charge in [-0.2, -0.15) is 0 Å². The van der Waals surface area contributed by atoms with Crippen LogP contribution in [0.25, 0.3) is 17.4 Å². The Hall–Kier alpha value is -4.57. The molecule has 4 aromatic rings. The van der Waals surface area contributed by atoms with Crippen LogP contribution >= 0.6 is 11.3 Å². The number of non-ortho nitro benzene ring substituents is 1. The number of furan rings is 1. The molecule has 0 N–H and O–H groups in total. The number of fused-ring (bicyclic) bond motifs is 1. The van der Waals surface area contributed by atoms with Gasteiger partial charge in [0, 0.05) is 23.8 Å². The summed E-state index contributed by atoms with van der Waals surface area (Å²) in [6, 6.07) is 18.1. The quantitative estimate of drug-likeness (QED) is 0.218. The minimum absolute atomic E-state index is 0.0440. The van der Waals surface area contributed by atoms with Gasteiger partial charge in [-0.1, -0.05) is 53.8 Å². The number of nitro benzene ring substituents is 1. The first-order valence-electron chi connectivity index (χ1n) is 11.5. The van der Waals surface area contributed by atoms with Crippen molar-refractivity contribution < 1.29 is 18.9 Å². The first-order valence-corrected chi connectivity index (χ1v) is 12.3. The second kappa shape index (κ2) is 9.82. The monoisotopic (exact) mass is 515 g/mol. The number of ether oxygens (including phenoxy) is 1. The number of benzene rings is 2. The van der Waals surface area contributed by atoms with E-state index < -0.39 is 16.9 Å². The normalized spacial score (nSPS) is 15.3. The Morgan fingerprint density at radius 1 is 1.19 bits per heavy atom. The van der Waals surface area contributed by atoms with Crippen LogP contribution in [0, 0.1) is 10.1 Å².